The van der Waals surface area contributed by atoms with E-state index in [1.165, 1.54) is 0 Å². The first kappa shape index (κ1) is 18.8. The highest BCUT2D eigenvalue weighted by molar-refractivity contribution is 6.33. The summed E-state index contributed by atoms with van der Waals surface area (Å²) in [6.07, 6.45) is 4.62. The van der Waals surface area contributed by atoms with Crippen molar-refractivity contribution in [1.82, 2.24) is 15.3 Å². The molecule has 6 nitrogen and oxygen atoms in total. The molecule has 3 rings (SSSR count). The van der Waals surface area contributed by atoms with E-state index < -0.39 is 6.10 Å². The number of rotatable bonds is 6. The molecule has 2 unspecified atom stereocenters. The van der Waals surface area contributed by atoms with Crippen LogP contribution in [0, 0.1) is 6.92 Å². The Bertz CT molecular complexity index is 765. The maximum atomic E-state index is 12.9. The number of ketones is 1. The van der Waals surface area contributed by atoms with Crippen LogP contribution in [0.5, 0.6) is 0 Å². The average molecular weight is 375 g/mol. The molecule has 2 aromatic heterocycles. The van der Waals surface area contributed by atoms with Crippen molar-refractivity contribution in [3.8, 4) is 0 Å². The van der Waals surface area contributed by atoms with E-state index >= 15 is 0 Å². The number of anilines is 2. The second-order valence-electron chi connectivity index (χ2n) is 6.37. The number of carbonyl (C=O) groups excluding carboxylic acids is 1. The van der Waals surface area contributed by atoms with Crippen LogP contribution in [0.15, 0.2) is 30.6 Å². The number of ether oxygens (including phenoxy) is 1. The molecule has 0 aromatic carbocycles. The Kier molecular flexibility index (Phi) is 6.19. The second kappa shape index (κ2) is 8.58. The van der Waals surface area contributed by atoms with Gasteiger partial charge in [0.15, 0.2) is 5.78 Å². The summed E-state index contributed by atoms with van der Waals surface area (Å²) in [7, 11) is 0. The van der Waals surface area contributed by atoms with Crippen molar-refractivity contribution in [3.05, 3.63) is 46.9 Å². The van der Waals surface area contributed by atoms with Gasteiger partial charge in [-0.15, -0.1) is 0 Å². The third-order valence-corrected chi connectivity index (χ3v) is 4.62. The zero-order valence-electron chi connectivity index (χ0n) is 15.0. The number of halogens is 1. The Morgan fingerprint density at radius 3 is 2.92 bits per heavy atom. The lowest BCUT2D eigenvalue weighted by atomic mass is 9.97. The molecule has 1 fully saturated rings. The summed E-state index contributed by atoms with van der Waals surface area (Å²) in [5, 5.41) is 6.86. The minimum Gasteiger partial charge on any atom is -0.367 e. The van der Waals surface area contributed by atoms with Gasteiger partial charge in [-0.3, -0.25) is 9.78 Å². The fraction of sp³-hybridized carbons (Fsp3) is 0.421. The maximum absolute atomic E-state index is 12.9. The summed E-state index contributed by atoms with van der Waals surface area (Å²) >= 11 is 6.34. The number of pyridine rings is 2. The van der Waals surface area contributed by atoms with Crippen LogP contribution in [0.25, 0.3) is 0 Å². The maximum Gasteiger partial charge on any atom is 0.194 e. The van der Waals surface area contributed by atoms with E-state index in [1.54, 1.807) is 18.5 Å². The Morgan fingerprint density at radius 1 is 1.38 bits per heavy atom. The Morgan fingerprint density at radius 2 is 2.23 bits per heavy atom. The highest BCUT2D eigenvalue weighted by atomic mass is 35.5. The lowest BCUT2D eigenvalue weighted by Gasteiger charge is -2.31. The lowest BCUT2D eigenvalue weighted by Crippen LogP contribution is -2.51. The van der Waals surface area contributed by atoms with Crippen LogP contribution in [0.3, 0.4) is 0 Å². The van der Waals surface area contributed by atoms with Crippen molar-refractivity contribution in [2.45, 2.75) is 38.8 Å². The molecule has 3 heterocycles. The molecule has 2 N–H and O–H groups in total. The minimum atomic E-state index is -0.498. The fourth-order valence-electron chi connectivity index (χ4n) is 2.98. The summed E-state index contributed by atoms with van der Waals surface area (Å²) in [5.41, 5.74) is 2.17. The van der Waals surface area contributed by atoms with Gasteiger partial charge in [0.25, 0.3) is 0 Å². The van der Waals surface area contributed by atoms with E-state index in [4.69, 9.17) is 16.3 Å². The Hall–Kier alpha value is -2.02. The molecular formula is C19H23ClN4O2. The smallest absolute Gasteiger partial charge is 0.194 e. The van der Waals surface area contributed by atoms with E-state index in [0.717, 1.165) is 30.8 Å². The molecule has 138 valence electrons. The lowest BCUT2D eigenvalue weighted by molar-refractivity contribution is 0.00254. The molecular weight excluding hydrogens is 352 g/mol. The number of hydrogen-bond donors (Lipinski definition) is 2. The summed E-state index contributed by atoms with van der Waals surface area (Å²) < 4.78 is 5.73. The summed E-state index contributed by atoms with van der Waals surface area (Å²) in [4.78, 5) is 21.4. The van der Waals surface area contributed by atoms with Gasteiger partial charge in [-0.25, -0.2) is 4.98 Å². The van der Waals surface area contributed by atoms with Crippen molar-refractivity contribution in [3.63, 3.8) is 0 Å². The van der Waals surface area contributed by atoms with Crippen LogP contribution in [0.2, 0.25) is 5.02 Å². The SMILES string of the molecule is CCCC1NCCOC1C(=O)c1cnc(Nc2ccc(C)nc2)c(Cl)c1. The third-order valence-electron chi connectivity index (χ3n) is 4.33. The average Bonchev–Trinajstić information content (AvgIpc) is 2.65. The summed E-state index contributed by atoms with van der Waals surface area (Å²) in [6.45, 7) is 5.30. The largest absolute Gasteiger partial charge is 0.367 e. The summed E-state index contributed by atoms with van der Waals surface area (Å²) in [6, 6.07) is 5.46. The van der Waals surface area contributed by atoms with E-state index in [-0.39, 0.29) is 11.8 Å². The van der Waals surface area contributed by atoms with Crippen LogP contribution in [-0.4, -0.2) is 41.0 Å². The van der Waals surface area contributed by atoms with Gasteiger partial charge in [0.1, 0.15) is 11.9 Å². The molecule has 1 aliphatic heterocycles. The number of Topliss-reactive ketones (excluding diaryl/α,β-unsaturated/α-hetero) is 1. The van der Waals surface area contributed by atoms with Crippen LogP contribution >= 0.6 is 11.6 Å². The van der Waals surface area contributed by atoms with Crippen LogP contribution in [0.1, 0.15) is 35.8 Å². The molecule has 0 aliphatic carbocycles. The Labute approximate surface area is 158 Å². The van der Waals surface area contributed by atoms with Gasteiger partial charge in [0.2, 0.25) is 0 Å². The monoisotopic (exact) mass is 374 g/mol. The highest BCUT2D eigenvalue weighted by Gasteiger charge is 2.32. The molecule has 0 radical (unpaired) electrons. The summed E-state index contributed by atoms with van der Waals surface area (Å²) in [5.74, 6) is 0.398. The van der Waals surface area contributed by atoms with Crippen LogP contribution < -0.4 is 10.6 Å². The van der Waals surface area contributed by atoms with E-state index in [2.05, 4.69) is 27.5 Å². The third kappa shape index (κ3) is 4.38. The van der Waals surface area contributed by atoms with Crippen LogP contribution in [-0.2, 0) is 4.74 Å². The molecule has 2 aromatic rings. The topological polar surface area (TPSA) is 76.1 Å². The molecule has 0 amide bonds. The molecule has 26 heavy (non-hydrogen) atoms. The fourth-order valence-corrected chi connectivity index (χ4v) is 3.20. The number of aryl methyl sites for hydroxylation is 1. The number of aromatic nitrogens is 2. The molecule has 1 saturated heterocycles. The van der Waals surface area contributed by atoms with Crippen LogP contribution in [0.4, 0.5) is 11.5 Å². The molecule has 0 saturated carbocycles. The normalized spacial score (nSPS) is 20.0. The van der Waals surface area contributed by atoms with Crippen molar-refractivity contribution in [1.29, 1.82) is 0 Å². The molecule has 7 heteroatoms. The van der Waals surface area contributed by atoms with Gasteiger partial charge in [-0.05, 0) is 31.5 Å². The zero-order chi connectivity index (χ0) is 18.5. The molecule has 2 atom stereocenters. The quantitative estimate of drug-likeness (QED) is 0.753. The predicted molar refractivity (Wildman–Crippen MR) is 102 cm³/mol. The van der Waals surface area contributed by atoms with Gasteiger partial charge in [-0.2, -0.15) is 0 Å². The first-order chi connectivity index (χ1) is 12.6. The van der Waals surface area contributed by atoms with Gasteiger partial charge in [0, 0.05) is 30.0 Å². The first-order valence-corrected chi connectivity index (χ1v) is 9.20. The molecule has 1 aliphatic rings. The highest BCUT2D eigenvalue weighted by Crippen LogP contribution is 2.25. The molecule has 0 bridgehead atoms. The number of hydrogen-bond acceptors (Lipinski definition) is 6. The van der Waals surface area contributed by atoms with Crippen molar-refractivity contribution < 1.29 is 9.53 Å². The standard InChI is InChI=1S/C19H23ClN4O2/c1-3-4-16-18(26-8-7-21-16)17(25)13-9-15(20)19(23-10-13)24-14-6-5-12(2)22-11-14/h5-6,9-11,16,18,21H,3-4,7-8H2,1-2H3,(H,23,24). The van der Waals surface area contributed by atoms with E-state index in [0.29, 0.717) is 23.0 Å². The van der Waals surface area contributed by atoms with Crippen molar-refractivity contribution in [2.24, 2.45) is 0 Å². The van der Waals surface area contributed by atoms with Crippen molar-refractivity contribution >= 4 is 28.9 Å². The van der Waals surface area contributed by atoms with Gasteiger partial charge in [0.05, 0.1) is 23.5 Å². The second-order valence-corrected chi connectivity index (χ2v) is 6.78. The molecule has 0 spiro atoms. The van der Waals surface area contributed by atoms with E-state index in [1.807, 2.05) is 19.1 Å². The number of nitrogens with zero attached hydrogens (tertiary/aromatic N) is 2. The predicted octanol–water partition coefficient (Wildman–Crippen LogP) is 3.52. The van der Waals surface area contributed by atoms with E-state index in [9.17, 15) is 4.79 Å². The minimum absolute atomic E-state index is 0.0245. The van der Waals surface area contributed by atoms with Gasteiger partial charge in [-0.1, -0.05) is 24.9 Å². The number of nitrogens with one attached hydrogen (secondary N) is 2. The van der Waals surface area contributed by atoms with Gasteiger partial charge >= 0.3 is 0 Å². The Balaban J connectivity index is 1.75. The first-order valence-electron chi connectivity index (χ1n) is 8.83. The van der Waals surface area contributed by atoms with Crippen molar-refractivity contribution in [2.75, 3.05) is 18.5 Å². The van der Waals surface area contributed by atoms with Gasteiger partial charge < -0.3 is 15.4 Å². The number of morpholine rings is 1. The number of carbonyl (C=O) groups is 1. The zero-order valence-corrected chi connectivity index (χ0v) is 15.7.